The molecule has 0 fully saturated rings. The number of ether oxygens (including phenoxy) is 3. The van der Waals surface area contributed by atoms with E-state index >= 15 is 0 Å². The first-order chi connectivity index (χ1) is 29.9. The van der Waals surface area contributed by atoms with E-state index in [0.717, 1.165) is 63.7 Å². The van der Waals surface area contributed by atoms with Gasteiger partial charge in [0.1, 0.15) is 13.2 Å². The van der Waals surface area contributed by atoms with Gasteiger partial charge in [0, 0.05) is 19.3 Å². The van der Waals surface area contributed by atoms with Crippen molar-refractivity contribution in [3.63, 3.8) is 0 Å². The topological polar surface area (TPSA) is 78.9 Å². The molecule has 0 aliphatic heterocycles. The Balaban J connectivity index is 4.15. The fourth-order valence-electron chi connectivity index (χ4n) is 8.36. The van der Waals surface area contributed by atoms with Gasteiger partial charge in [0.15, 0.2) is 6.10 Å². The number of rotatable bonds is 50. The van der Waals surface area contributed by atoms with Gasteiger partial charge < -0.3 is 14.2 Å². The van der Waals surface area contributed by atoms with Crippen molar-refractivity contribution < 1.29 is 28.6 Å². The first kappa shape index (κ1) is 59.4. The van der Waals surface area contributed by atoms with Crippen LogP contribution in [-0.2, 0) is 28.6 Å². The van der Waals surface area contributed by atoms with Crippen molar-refractivity contribution in [3.8, 4) is 0 Å². The van der Waals surface area contributed by atoms with Crippen molar-refractivity contribution in [2.45, 2.75) is 316 Å². The summed E-state index contributed by atoms with van der Waals surface area (Å²) in [5.41, 5.74) is 0. The van der Waals surface area contributed by atoms with Crippen LogP contribution in [0.3, 0.4) is 0 Å². The maximum Gasteiger partial charge on any atom is 0.306 e. The van der Waals surface area contributed by atoms with Crippen molar-refractivity contribution in [2.75, 3.05) is 13.2 Å². The van der Waals surface area contributed by atoms with Crippen molar-refractivity contribution in [1.29, 1.82) is 0 Å². The van der Waals surface area contributed by atoms with Gasteiger partial charge >= 0.3 is 17.9 Å². The molecule has 0 rings (SSSR count). The second-order valence-electron chi connectivity index (χ2n) is 19.1. The Morgan fingerprint density at radius 1 is 0.328 bits per heavy atom. The van der Waals surface area contributed by atoms with Gasteiger partial charge in [0.2, 0.25) is 0 Å². The van der Waals surface area contributed by atoms with E-state index in [1.165, 1.54) is 205 Å². The van der Waals surface area contributed by atoms with Gasteiger partial charge in [-0.2, -0.15) is 0 Å². The summed E-state index contributed by atoms with van der Waals surface area (Å²) in [6, 6.07) is 0. The summed E-state index contributed by atoms with van der Waals surface area (Å²) >= 11 is 0. The van der Waals surface area contributed by atoms with E-state index in [4.69, 9.17) is 14.2 Å². The third-order valence-corrected chi connectivity index (χ3v) is 12.9. The highest BCUT2D eigenvalue weighted by molar-refractivity contribution is 5.71. The molecule has 0 radical (unpaired) electrons. The first-order valence-electron chi connectivity index (χ1n) is 27.4. The number of hydrogen-bond acceptors (Lipinski definition) is 6. The molecule has 0 spiro atoms. The zero-order valence-corrected chi connectivity index (χ0v) is 41.6. The minimum atomic E-state index is -0.759. The fourth-order valence-corrected chi connectivity index (χ4v) is 8.36. The maximum atomic E-state index is 12.7. The highest BCUT2D eigenvalue weighted by Gasteiger charge is 2.19. The Morgan fingerprint density at radius 2 is 0.574 bits per heavy atom. The predicted molar refractivity (Wildman–Crippen MR) is 261 cm³/mol. The molecule has 1 unspecified atom stereocenters. The van der Waals surface area contributed by atoms with E-state index in [-0.39, 0.29) is 31.1 Å². The molecule has 362 valence electrons. The van der Waals surface area contributed by atoms with Crippen LogP contribution in [0.1, 0.15) is 310 Å². The Hall–Kier alpha value is -1.59. The van der Waals surface area contributed by atoms with Gasteiger partial charge in [-0.3, -0.25) is 14.4 Å². The maximum absolute atomic E-state index is 12.7. The van der Waals surface area contributed by atoms with Gasteiger partial charge in [0.05, 0.1) is 0 Å². The molecule has 0 aliphatic rings. The minimum absolute atomic E-state index is 0.0624. The lowest BCUT2D eigenvalue weighted by molar-refractivity contribution is -0.167. The van der Waals surface area contributed by atoms with Crippen molar-refractivity contribution in [3.05, 3.63) is 0 Å². The summed E-state index contributed by atoms with van der Waals surface area (Å²) in [5.74, 6) is 0.0664. The summed E-state index contributed by atoms with van der Waals surface area (Å²) in [7, 11) is 0. The molecule has 0 aliphatic carbocycles. The van der Waals surface area contributed by atoms with Crippen molar-refractivity contribution >= 4 is 17.9 Å². The molecule has 61 heavy (non-hydrogen) atoms. The predicted octanol–water partition coefficient (Wildman–Crippen LogP) is 17.8. The zero-order valence-electron chi connectivity index (χ0n) is 41.6. The molecule has 2 atom stereocenters. The van der Waals surface area contributed by atoms with E-state index in [0.29, 0.717) is 19.3 Å². The summed E-state index contributed by atoms with van der Waals surface area (Å²) < 4.78 is 16.8. The second kappa shape index (κ2) is 49.4. The Morgan fingerprint density at radius 3 is 0.852 bits per heavy atom. The van der Waals surface area contributed by atoms with Crippen LogP contribution in [0.2, 0.25) is 0 Å². The number of esters is 3. The van der Waals surface area contributed by atoms with Crippen LogP contribution in [0.15, 0.2) is 0 Å². The van der Waals surface area contributed by atoms with E-state index in [1.807, 2.05) is 0 Å². The summed E-state index contributed by atoms with van der Waals surface area (Å²) in [4.78, 5) is 37.9. The molecule has 0 saturated heterocycles. The molecular weight excluding hydrogens is 757 g/mol. The normalized spacial score (nSPS) is 12.4. The van der Waals surface area contributed by atoms with Gasteiger partial charge in [-0.1, -0.05) is 272 Å². The highest BCUT2D eigenvalue weighted by Crippen LogP contribution is 2.18. The highest BCUT2D eigenvalue weighted by atomic mass is 16.6. The van der Waals surface area contributed by atoms with Crippen LogP contribution >= 0.6 is 0 Å². The van der Waals surface area contributed by atoms with E-state index in [1.54, 1.807) is 0 Å². The molecule has 0 aromatic rings. The minimum Gasteiger partial charge on any atom is -0.462 e. The number of unbranched alkanes of at least 4 members (excludes halogenated alkanes) is 36. The lowest BCUT2D eigenvalue weighted by atomic mass is 9.99. The summed E-state index contributed by atoms with van der Waals surface area (Å²) in [5, 5.41) is 0. The lowest BCUT2D eigenvalue weighted by Gasteiger charge is -2.18. The molecule has 0 aromatic heterocycles. The van der Waals surface area contributed by atoms with Crippen LogP contribution in [0, 0.1) is 5.92 Å². The van der Waals surface area contributed by atoms with Crippen molar-refractivity contribution in [2.24, 2.45) is 5.92 Å². The number of carbonyl (C=O) groups excluding carboxylic acids is 3. The SMILES string of the molecule is CCCCCCCCCCCCCC(=O)OC[C@H](COC(=O)CCCCCCCCCCCCCCCCCCCCC(C)CC)OC(=O)CCCCCCCCCCCC. The first-order valence-corrected chi connectivity index (χ1v) is 27.4. The van der Waals surface area contributed by atoms with Crippen LogP contribution < -0.4 is 0 Å². The molecule has 6 nitrogen and oxygen atoms in total. The van der Waals surface area contributed by atoms with E-state index < -0.39 is 6.10 Å². The molecule has 0 saturated carbocycles. The average molecular weight is 863 g/mol. The molecule has 0 amide bonds. The quantitative estimate of drug-likeness (QED) is 0.0344. The monoisotopic (exact) mass is 863 g/mol. The van der Waals surface area contributed by atoms with Gasteiger partial charge in [-0.25, -0.2) is 0 Å². The van der Waals surface area contributed by atoms with Gasteiger partial charge in [-0.05, 0) is 25.2 Å². The lowest BCUT2D eigenvalue weighted by Crippen LogP contribution is -2.30. The van der Waals surface area contributed by atoms with Crippen LogP contribution in [0.4, 0.5) is 0 Å². The molecule has 0 bridgehead atoms. The Kier molecular flexibility index (Phi) is 48.1. The Labute approximate surface area is 380 Å². The summed E-state index contributed by atoms with van der Waals surface area (Å²) in [6.45, 7) is 9.07. The smallest absolute Gasteiger partial charge is 0.306 e. The fraction of sp³-hybridized carbons (Fsp3) is 0.945. The van der Waals surface area contributed by atoms with Gasteiger partial charge in [0.25, 0.3) is 0 Å². The molecule has 6 heteroatoms. The molecule has 0 N–H and O–H groups in total. The molecule has 0 heterocycles. The number of carbonyl (C=O) groups is 3. The van der Waals surface area contributed by atoms with Crippen LogP contribution in [0.5, 0.6) is 0 Å². The van der Waals surface area contributed by atoms with Crippen LogP contribution in [-0.4, -0.2) is 37.2 Å². The van der Waals surface area contributed by atoms with E-state index in [9.17, 15) is 14.4 Å². The summed E-state index contributed by atoms with van der Waals surface area (Å²) in [6.07, 6.45) is 52.3. The second-order valence-corrected chi connectivity index (χ2v) is 19.1. The standard InChI is InChI=1S/C55H106O6/c1-5-8-10-12-14-16-26-31-34-38-42-46-53(56)59-49-52(61-55(58)48-44-40-36-30-17-15-13-11-9-6-2)50-60-54(57)47-43-39-35-32-28-25-23-21-19-18-20-22-24-27-29-33-37-41-45-51(4)7-3/h51-52H,5-50H2,1-4H3/t51?,52-/m1/s1. The largest absolute Gasteiger partial charge is 0.462 e. The molecular formula is C55H106O6. The third kappa shape index (κ3) is 47.7. The third-order valence-electron chi connectivity index (χ3n) is 12.9. The molecule has 0 aromatic carbocycles. The zero-order chi connectivity index (χ0) is 44.5. The Bertz CT molecular complexity index is 920. The average Bonchev–Trinajstić information content (AvgIpc) is 3.26. The van der Waals surface area contributed by atoms with Crippen LogP contribution in [0.25, 0.3) is 0 Å². The van der Waals surface area contributed by atoms with E-state index in [2.05, 4.69) is 27.7 Å². The van der Waals surface area contributed by atoms with Gasteiger partial charge in [-0.15, -0.1) is 0 Å². The number of hydrogen-bond donors (Lipinski definition) is 0. The van der Waals surface area contributed by atoms with Crippen molar-refractivity contribution in [1.82, 2.24) is 0 Å².